The van der Waals surface area contributed by atoms with Gasteiger partial charge in [-0.2, -0.15) is 0 Å². The number of pyridine rings is 1. The third-order valence-electron chi connectivity index (χ3n) is 3.68. The normalized spacial score (nSPS) is 10.2. The van der Waals surface area contributed by atoms with E-state index in [4.69, 9.17) is 14.2 Å². The maximum atomic E-state index is 12.6. The van der Waals surface area contributed by atoms with E-state index in [1.54, 1.807) is 38.4 Å². The third kappa shape index (κ3) is 3.95. The Morgan fingerprint density at radius 3 is 2.33 bits per heavy atom. The Morgan fingerprint density at radius 2 is 1.79 bits per heavy atom. The van der Waals surface area contributed by atoms with Gasteiger partial charge < -0.3 is 19.1 Å². The Morgan fingerprint density at radius 1 is 1.04 bits per heavy atom. The van der Waals surface area contributed by atoms with Gasteiger partial charge in [0.25, 0.3) is 5.91 Å². The van der Waals surface area contributed by atoms with Gasteiger partial charge in [-0.15, -0.1) is 0 Å². The third-order valence-corrected chi connectivity index (χ3v) is 3.68. The van der Waals surface area contributed by atoms with Crippen molar-refractivity contribution in [1.82, 2.24) is 9.88 Å². The van der Waals surface area contributed by atoms with Crippen LogP contribution in [0.25, 0.3) is 0 Å². The SMILES string of the molecule is CCN(Cc1ccc(OC)c(OC)c1)C(=O)c1ccc(OC)nc1. The van der Waals surface area contributed by atoms with Crippen LogP contribution >= 0.6 is 0 Å². The van der Waals surface area contributed by atoms with Crippen LogP contribution in [0.5, 0.6) is 17.4 Å². The lowest BCUT2D eigenvalue weighted by Gasteiger charge is -2.21. The van der Waals surface area contributed by atoms with E-state index in [9.17, 15) is 4.79 Å². The van der Waals surface area contributed by atoms with Crippen molar-refractivity contribution in [3.8, 4) is 17.4 Å². The van der Waals surface area contributed by atoms with Gasteiger partial charge >= 0.3 is 0 Å². The second-order valence-electron chi connectivity index (χ2n) is 5.10. The fourth-order valence-electron chi connectivity index (χ4n) is 2.34. The molecule has 1 amide bonds. The average molecular weight is 330 g/mol. The van der Waals surface area contributed by atoms with Crippen LogP contribution in [0.2, 0.25) is 0 Å². The number of nitrogens with zero attached hydrogens (tertiary/aromatic N) is 2. The Bertz CT molecular complexity index is 686. The number of hydrogen-bond donors (Lipinski definition) is 0. The summed E-state index contributed by atoms with van der Waals surface area (Å²) in [7, 11) is 4.72. The Kier molecular flexibility index (Phi) is 6.01. The Balaban J connectivity index is 2.17. The van der Waals surface area contributed by atoms with Crippen LogP contribution in [-0.4, -0.2) is 43.7 Å². The smallest absolute Gasteiger partial charge is 0.255 e. The van der Waals surface area contributed by atoms with Crippen molar-refractivity contribution in [2.24, 2.45) is 0 Å². The highest BCUT2D eigenvalue weighted by Gasteiger charge is 2.16. The van der Waals surface area contributed by atoms with Crippen molar-refractivity contribution in [2.75, 3.05) is 27.9 Å². The minimum atomic E-state index is -0.0811. The van der Waals surface area contributed by atoms with E-state index in [2.05, 4.69) is 4.98 Å². The molecule has 0 fully saturated rings. The minimum absolute atomic E-state index is 0.0811. The quantitative estimate of drug-likeness (QED) is 0.781. The predicted octanol–water partition coefficient (Wildman–Crippen LogP) is 2.77. The van der Waals surface area contributed by atoms with E-state index in [0.29, 0.717) is 36.0 Å². The van der Waals surface area contributed by atoms with Gasteiger partial charge in [0.15, 0.2) is 11.5 Å². The summed E-state index contributed by atoms with van der Waals surface area (Å²) in [4.78, 5) is 18.5. The molecule has 0 atom stereocenters. The van der Waals surface area contributed by atoms with E-state index in [0.717, 1.165) is 5.56 Å². The first-order chi connectivity index (χ1) is 11.6. The molecule has 128 valence electrons. The molecule has 6 heteroatoms. The molecule has 0 spiro atoms. The molecule has 0 aliphatic carbocycles. The number of carbonyl (C=O) groups is 1. The van der Waals surface area contributed by atoms with Crippen LogP contribution in [0.4, 0.5) is 0 Å². The summed E-state index contributed by atoms with van der Waals surface area (Å²) >= 11 is 0. The fourth-order valence-corrected chi connectivity index (χ4v) is 2.34. The predicted molar refractivity (Wildman–Crippen MR) is 90.7 cm³/mol. The van der Waals surface area contributed by atoms with Crippen LogP contribution in [0.15, 0.2) is 36.5 Å². The molecule has 24 heavy (non-hydrogen) atoms. The number of rotatable bonds is 7. The number of carbonyl (C=O) groups excluding carboxylic acids is 1. The largest absolute Gasteiger partial charge is 0.493 e. The lowest BCUT2D eigenvalue weighted by Crippen LogP contribution is -2.30. The van der Waals surface area contributed by atoms with Gasteiger partial charge in [0.1, 0.15) is 0 Å². The zero-order valence-electron chi connectivity index (χ0n) is 14.4. The Hall–Kier alpha value is -2.76. The standard InChI is InChI=1S/C18H22N2O4/c1-5-20(18(21)14-7-9-17(24-4)19-11-14)12-13-6-8-15(22-2)16(10-13)23-3/h6-11H,5,12H2,1-4H3. The van der Waals surface area contributed by atoms with E-state index in [1.807, 2.05) is 25.1 Å². The minimum Gasteiger partial charge on any atom is -0.493 e. The topological polar surface area (TPSA) is 60.9 Å². The van der Waals surface area contributed by atoms with Gasteiger partial charge in [-0.1, -0.05) is 6.07 Å². The molecule has 0 aliphatic heterocycles. The number of methoxy groups -OCH3 is 3. The van der Waals surface area contributed by atoms with Gasteiger partial charge in [0.05, 0.1) is 26.9 Å². The van der Waals surface area contributed by atoms with Gasteiger partial charge in [-0.05, 0) is 30.7 Å². The number of benzene rings is 1. The monoisotopic (exact) mass is 330 g/mol. The van der Waals surface area contributed by atoms with Crippen LogP contribution < -0.4 is 14.2 Å². The van der Waals surface area contributed by atoms with Gasteiger partial charge in [-0.3, -0.25) is 4.79 Å². The second kappa shape index (κ2) is 8.19. The van der Waals surface area contributed by atoms with Crippen LogP contribution in [0.1, 0.15) is 22.8 Å². The van der Waals surface area contributed by atoms with Crippen molar-refractivity contribution in [2.45, 2.75) is 13.5 Å². The lowest BCUT2D eigenvalue weighted by molar-refractivity contribution is 0.0752. The molecule has 1 aromatic heterocycles. The molecule has 0 bridgehead atoms. The van der Waals surface area contributed by atoms with E-state index < -0.39 is 0 Å². The molecule has 1 heterocycles. The molecule has 0 saturated carbocycles. The summed E-state index contributed by atoms with van der Waals surface area (Å²) in [5, 5.41) is 0. The van der Waals surface area contributed by atoms with Crippen LogP contribution in [-0.2, 0) is 6.54 Å². The van der Waals surface area contributed by atoms with Crippen LogP contribution in [0, 0.1) is 0 Å². The zero-order chi connectivity index (χ0) is 17.5. The Labute approximate surface area is 142 Å². The van der Waals surface area contributed by atoms with E-state index >= 15 is 0 Å². The highest BCUT2D eigenvalue weighted by molar-refractivity contribution is 5.93. The number of aromatic nitrogens is 1. The molecular formula is C18H22N2O4. The molecule has 6 nitrogen and oxygen atoms in total. The lowest BCUT2D eigenvalue weighted by atomic mass is 10.1. The van der Waals surface area contributed by atoms with Gasteiger partial charge in [0.2, 0.25) is 5.88 Å². The molecule has 0 saturated heterocycles. The highest BCUT2D eigenvalue weighted by Crippen LogP contribution is 2.28. The summed E-state index contributed by atoms with van der Waals surface area (Å²) in [6, 6.07) is 9.02. The summed E-state index contributed by atoms with van der Waals surface area (Å²) in [6.45, 7) is 3.00. The van der Waals surface area contributed by atoms with Crippen molar-refractivity contribution in [3.05, 3.63) is 47.7 Å². The number of amides is 1. The summed E-state index contributed by atoms with van der Waals surface area (Å²) in [5.41, 5.74) is 1.49. The maximum Gasteiger partial charge on any atom is 0.255 e. The van der Waals surface area contributed by atoms with Crippen molar-refractivity contribution < 1.29 is 19.0 Å². The summed E-state index contributed by atoms with van der Waals surface area (Å²) in [6.07, 6.45) is 1.53. The molecule has 0 N–H and O–H groups in total. The number of hydrogen-bond acceptors (Lipinski definition) is 5. The van der Waals surface area contributed by atoms with Gasteiger partial charge in [-0.25, -0.2) is 4.98 Å². The molecule has 0 radical (unpaired) electrons. The zero-order valence-corrected chi connectivity index (χ0v) is 14.4. The fraction of sp³-hybridized carbons (Fsp3) is 0.333. The molecule has 1 aromatic carbocycles. The van der Waals surface area contributed by atoms with E-state index in [-0.39, 0.29) is 5.91 Å². The number of ether oxygens (including phenoxy) is 3. The van der Waals surface area contributed by atoms with Crippen molar-refractivity contribution in [1.29, 1.82) is 0 Å². The van der Waals surface area contributed by atoms with Crippen LogP contribution in [0.3, 0.4) is 0 Å². The van der Waals surface area contributed by atoms with Crippen molar-refractivity contribution in [3.63, 3.8) is 0 Å². The molecular weight excluding hydrogens is 308 g/mol. The first-order valence-electron chi connectivity index (χ1n) is 7.63. The maximum absolute atomic E-state index is 12.6. The molecule has 2 rings (SSSR count). The summed E-state index contributed by atoms with van der Waals surface area (Å²) in [5.74, 6) is 1.71. The van der Waals surface area contributed by atoms with Gasteiger partial charge in [0, 0.05) is 25.4 Å². The second-order valence-corrected chi connectivity index (χ2v) is 5.10. The first-order valence-corrected chi connectivity index (χ1v) is 7.63. The highest BCUT2D eigenvalue weighted by atomic mass is 16.5. The van der Waals surface area contributed by atoms with E-state index in [1.165, 1.54) is 6.20 Å². The van der Waals surface area contributed by atoms with Crippen molar-refractivity contribution >= 4 is 5.91 Å². The first kappa shape index (κ1) is 17.6. The molecule has 0 unspecified atom stereocenters. The molecule has 2 aromatic rings. The molecule has 0 aliphatic rings. The summed E-state index contributed by atoms with van der Waals surface area (Å²) < 4.78 is 15.6. The average Bonchev–Trinajstić information content (AvgIpc) is 2.65.